The Kier molecular flexibility index (Phi) is 3.95. The molecule has 4 heterocycles. The Bertz CT molecular complexity index is 524. The van der Waals surface area contributed by atoms with E-state index >= 15 is 0 Å². The van der Waals surface area contributed by atoms with Gasteiger partial charge in [-0.1, -0.05) is 20.8 Å². The first-order valence-electron chi connectivity index (χ1n) is 9.29. The smallest absolute Gasteiger partial charge is 0.307 e. The van der Waals surface area contributed by atoms with Gasteiger partial charge in [-0.15, -0.1) is 0 Å². The number of hydrogen-bond acceptors (Lipinski definition) is 6. The fourth-order valence-electron chi connectivity index (χ4n) is 5.22. The maximum absolute atomic E-state index is 11.8. The predicted molar refractivity (Wildman–Crippen MR) is 83.2 cm³/mol. The van der Waals surface area contributed by atoms with Gasteiger partial charge in [0, 0.05) is 24.7 Å². The molecule has 0 aromatic rings. The minimum Gasteiger partial charge on any atom is -0.435 e. The number of carbonyl (C=O) groups is 1. The lowest BCUT2D eigenvalue weighted by molar-refractivity contribution is -0.576. The van der Waals surface area contributed by atoms with Crippen molar-refractivity contribution in [3.8, 4) is 0 Å². The van der Waals surface area contributed by atoms with Crippen LogP contribution in [-0.4, -0.2) is 29.9 Å². The first-order valence-corrected chi connectivity index (χ1v) is 9.29. The number of esters is 1. The third kappa shape index (κ3) is 2.26. The van der Waals surface area contributed by atoms with Crippen molar-refractivity contribution in [3.63, 3.8) is 0 Å². The summed E-state index contributed by atoms with van der Waals surface area (Å²) in [7, 11) is 0. The van der Waals surface area contributed by atoms with E-state index in [-0.39, 0.29) is 17.8 Å². The molecule has 1 unspecified atom stereocenters. The molecule has 8 atom stereocenters. The Hall–Kier alpha value is -0.690. The summed E-state index contributed by atoms with van der Waals surface area (Å²) in [6.45, 7) is 8.05. The highest BCUT2D eigenvalue weighted by molar-refractivity contribution is 5.69. The van der Waals surface area contributed by atoms with Gasteiger partial charge in [-0.2, -0.15) is 0 Å². The monoisotopic (exact) mass is 340 g/mol. The van der Waals surface area contributed by atoms with Gasteiger partial charge in [-0.3, -0.25) is 4.79 Å². The maximum Gasteiger partial charge on any atom is 0.307 e. The van der Waals surface area contributed by atoms with Crippen LogP contribution in [0.3, 0.4) is 0 Å². The van der Waals surface area contributed by atoms with Crippen molar-refractivity contribution in [2.24, 2.45) is 23.7 Å². The van der Waals surface area contributed by atoms with E-state index in [2.05, 4.69) is 13.8 Å². The van der Waals surface area contributed by atoms with Crippen molar-refractivity contribution in [1.82, 2.24) is 0 Å². The van der Waals surface area contributed by atoms with Crippen LogP contribution in [0, 0.1) is 23.7 Å². The second kappa shape index (κ2) is 5.66. The van der Waals surface area contributed by atoms with Gasteiger partial charge in [0.1, 0.15) is 0 Å². The minimum absolute atomic E-state index is 0.0430. The average molecular weight is 340 g/mol. The van der Waals surface area contributed by atoms with E-state index in [1.807, 2.05) is 6.92 Å². The molecule has 0 N–H and O–H groups in total. The van der Waals surface area contributed by atoms with Crippen LogP contribution in [0.4, 0.5) is 0 Å². The molecule has 4 saturated heterocycles. The van der Waals surface area contributed by atoms with Gasteiger partial charge in [0.05, 0.1) is 0 Å². The Morgan fingerprint density at radius 2 is 1.96 bits per heavy atom. The zero-order valence-electron chi connectivity index (χ0n) is 14.9. The molecule has 24 heavy (non-hydrogen) atoms. The average Bonchev–Trinajstić information content (AvgIpc) is 2.78. The lowest BCUT2D eigenvalue weighted by Crippen LogP contribution is -2.70. The second-order valence-corrected chi connectivity index (χ2v) is 8.12. The first-order chi connectivity index (χ1) is 11.4. The normalized spacial score (nSPS) is 53.2. The van der Waals surface area contributed by atoms with Gasteiger partial charge in [0.2, 0.25) is 12.1 Å². The van der Waals surface area contributed by atoms with Crippen LogP contribution < -0.4 is 0 Å². The molecule has 0 aromatic heterocycles. The van der Waals surface area contributed by atoms with Gasteiger partial charge >= 0.3 is 5.97 Å². The summed E-state index contributed by atoms with van der Waals surface area (Å²) in [5.41, 5.74) is -0.595. The molecule has 2 bridgehead atoms. The second-order valence-electron chi connectivity index (χ2n) is 8.12. The molecule has 0 aromatic carbocycles. The summed E-state index contributed by atoms with van der Waals surface area (Å²) in [6, 6.07) is 0. The van der Waals surface area contributed by atoms with Crippen LogP contribution >= 0.6 is 0 Å². The minimum atomic E-state index is -0.794. The fraction of sp³-hybridized carbons (Fsp3) is 0.944. The Morgan fingerprint density at radius 3 is 2.71 bits per heavy atom. The highest BCUT2D eigenvalue weighted by Gasteiger charge is 2.69. The van der Waals surface area contributed by atoms with Gasteiger partial charge in [0.25, 0.3) is 0 Å². The van der Waals surface area contributed by atoms with Crippen LogP contribution in [0.15, 0.2) is 0 Å². The Morgan fingerprint density at radius 1 is 1.17 bits per heavy atom. The van der Waals surface area contributed by atoms with E-state index < -0.39 is 24.0 Å². The third-order valence-electron chi connectivity index (χ3n) is 6.63. The van der Waals surface area contributed by atoms with Crippen molar-refractivity contribution in [2.75, 3.05) is 0 Å². The molecule has 5 fully saturated rings. The van der Waals surface area contributed by atoms with E-state index in [4.69, 9.17) is 24.0 Å². The maximum atomic E-state index is 11.8. The van der Waals surface area contributed by atoms with Gasteiger partial charge in [0.15, 0.2) is 11.9 Å². The SMILES string of the molecule is CCC(=O)OC1O[C@@H]2O[C@]3(C)CC[C@H]4[C@H](C)CC[C@@H]([C@H]1C)[C@@]24OO3. The zero-order chi connectivity index (χ0) is 17.1. The highest BCUT2D eigenvalue weighted by atomic mass is 17.3. The van der Waals surface area contributed by atoms with E-state index in [9.17, 15) is 4.79 Å². The summed E-state index contributed by atoms with van der Waals surface area (Å²) < 4.78 is 17.9. The van der Waals surface area contributed by atoms with Gasteiger partial charge in [-0.25, -0.2) is 9.78 Å². The predicted octanol–water partition coefficient (Wildman–Crippen LogP) is 3.15. The van der Waals surface area contributed by atoms with E-state index in [0.29, 0.717) is 18.3 Å². The summed E-state index contributed by atoms with van der Waals surface area (Å²) in [6.07, 6.45) is 3.13. The number of fused-ring (bicyclic) bond motifs is 2. The lowest BCUT2D eigenvalue weighted by Gasteiger charge is -2.59. The molecule has 6 heteroatoms. The van der Waals surface area contributed by atoms with Crippen molar-refractivity contribution in [1.29, 1.82) is 0 Å². The highest BCUT2D eigenvalue weighted by Crippen LogP contribution is 2.60. The third-order valence-corrected chi connectivity index (χ3v) is 6.63. The Labute approximate surface area is 143 Å². The van der Waals surface area contributed by atoms with Crippen LogP contribution in [0.5, 0.6) is 0 Å². The molecule has 5 aliphatic rings. The van der Waals surface area contributed by atoms with E-state index in [1.165, 1.54) is 0 Å². The van der Waals surface area contributed by atoms with Crippen molar-refractivity contribution in [3.05, 3.63) is 0 Å². The molecule has 5 rings (SSSR count). The molecule has 6 nitrogen and oxygen atoms in total. The topological polar surface area (TPSA) is 63.2 Å². The molecular weight excluding hydrogens is 312 g/mol. The molecule has 1 aliphatic carbocycles. The number of rotatable bonds is 2. The Balaban J connectivity index is 1.71. The van der Waals surface area contributed by atoms with Crippen LogP contribution in [0.25, 0.3) is 0 Å². The fourth-order valence-corrected chi connectivity index (χ4v) is 5.22. The molecular formula is C18H28O6. The molecule has 1 spiro atoms. The molecule has 4 aliphatic heterocycles. The molecule has 1 saturated carbocycles. The molecule has 0 radical (unpaired) electrons. The van der Waals surface area contributed by atoms with Crippen LogP contribution in [-0.2, 0) is 28.8 Å². The summed E-state index contributed by atoms with van der Waals surface area (Å²) in [5, 5.41) is 0. The van der Waals surface area contributed by atoms with Crippen LogP contribution in [0.2, 0.25) is 0 Å². The first kappa shape index (κ1) is 16.8. The van der Waals surface area contributed by atoms with E-state index in [0.717, 1.165) is 25.7 Å². The van der Waals surface area contributed by atoms with Crippen molar-refractivity contribution >= 4 is 5.97 Å². The largest absolute Gasteiger partial charge is 0.435 e. The standard InChI is InChI=1S/C18H28O6/c1-5-14(19)20-15-11(3)13-7-6-10(2)12-8-9-17(4)22-16(21-15)18(12,13)24-23-17/h10-13,15-16H,5-9H2,1-4H3/t10-,11-,12+,13+,15?,16-,17+,18-/m1/s1. The summed E-state index contributed by atoms with van der Waals surface area (Å²) in [4.78, 5) is 23.6. The van der Waals surface area contributed by atoms with E-state index in [1.54, 1.807) is 6.92 Å². The van der Waals surface area contributed by atoms with Gasteiger partial charge < -0.3 is 14.2 Å². The molecule has 0 amide bonds. The van der Waals surface area contributed by atoms with Crippen LogP contribution in [0.1, 0.15) is 59.8 Å². The zero-order valence-corrected chi connectivity index (χ0v) is 14.9. The number of ether oxygens (including phenoxy) is 3. The number of carbonyl (C=O) groups excluding carboxylic acids is 1. The number of hydrogen-bond donors (Lipinski definition) is 0. The quantitative estimate of drug-likeness (QED) is 0.568. The van der Waals surface area contributed by atoms with Crippen molar-refractivity contribution in [2.45, 2.75) is 83.8 Å². The van der Waals surface area contributed by atoms with Crippen molar-refractivity contribution < 1.29 is 28.8 Å². The van der Waals surface area contributed by atoms with Gasteiger partial charge in [-0.05, 0) is 38.0 Å². The lowest BCUT2D eigenvalue weighted by atomic mass is 9.58. The summed E-state index contributed by atoms with van der Waals surface area (Å²) >= 11 is 0. The summed E-state index contributed by atoms with van der Waals surface area (Å²) in [5.74, 6) is 0.0527. The molecule has 136 valence electrons.